The maximum Gasteiger partial charge on any atom is 0.286 e. The van der Waals surface area contributed by atoms with E-state index in [2.05, 4.69) is 25.8 Å². The number of aryl methyl sites for hydroxylation is 1. The number of nitrogens with one attached hydrogen (secondary N) is 3. The number of nitrogens with zero attached hydrogens (tertiary/aromatic N) is 2. The minimum Gasteiger partial charge on any atom is -0.497 e. The Balaban J connectivity index is 1.32. The van der Waals surface area contributed by atoms with Crippen LogP contribution in [0.25, 0.3) is 10.9 Å². The molecule has 0 atom stereocenters. The highest BCUT2D eigenvalue weighted by atomic mass is 32.1. The van der Waals surface area contributed by atoms with E-state index in [0.717, 1.165) is 27.2 Å². The Labute approximate surface area is 182 Å². The minimum absolute atomic E-state index is 0.171. The number of H-pyrrole nitrogens is 1. The van der Waals surface area contributed by atoms with Gasteiger partial charge in [-0.3, -0.25) is 9.59 Å². The SMILES string of the molecule is COc1ccc2[nH]cc(CCNC(=O)c3ccc(NC(=O)c4nnc(C)s4)cc3)c2c1. The van der Waals surface area contributed by atoms with E-state index in [4.69, 9.17) is 4.74 Å². The first-order chi connectivity index (χ1) is 15.0. The summed E-state index contributed by atoms with van der Waals surface area (Å²) in [7, 11) is 1.64. The Morgan fingerprint density at radius 3 is 2.61 bits per heavy atom. The van der Waals surface area contributed by atoms with Crippen molar-refractivity contribution in [1.29, 1.82) is 0 Å². The molecule has 0 spiro atoms. The average molecular weight is 436 g/mol. The van der Waals surface area contributed by atoms with Crippen LogP contribution in [0.4, 0.5) is 5.69 Å². The molecule has 8 nitrogen and oxygen atoms in total. The van der Waals surface area contributed by atoms with Crippen LogP contribution in [0.15, 0.2) is 48.7 Å². The largest absolute Gasteiger partial charge is 0.497 e. The van der Waals surface area contributed by atoms with Gasteiger partial charge in [-0.25, -0.2) is 0 Å². The lowest BCUT2D eigenvalue weighted by Crippen LogP contribution is -2.25. The lowest BCUT2D eigenvalue weighted by atomic mass is 10.1. The molecule has 2 aromatic carbocycles. The second-order valence-electron chi connectivity index (χ2n) is 6.89. The smallest absolute Gasteiger partial charge is 0.286 e. The molecule has 0 saturated heterocycles. The van der Waals surface area contributed by atoms with Crippen molar-refractivity contribution in [3.05, 3.63) is 69.8 Å². The van der Waals surface area contributed by atoms with E-state index in [1.165, 1.54) is 11.3 Å². The number of benzene rings is 2. The summed E-state index contributed by atoms with van der Waals surface area (Å²) in [5, 5.41) is 15.4. The molecular weight excluding hydrogens is 414 g/mol. The second-order valence-corrected chi connectivity index (χ2v) is 8.07. The zero-order valence-corrected chi connectivity index (χ0v) is 17.9. The van der Waals surface area contributed by atoms with Gasteiger partial charge in [0, 0.05) is 34.9 Å². The molecule has 2 amide bonds. The van der Waals surface area contributed by atoms with Crippen molar-refractivity contribution in [2.75, 3.05) is 19.0 Å². The summed E-state index contributed by atoms with van der Waals surface area (Å²) in [6.45, 7) is 2.29. The van der Waals surface area contributed by atoms with Crippen LogP contribution in [0.3, 0.4) is 0 Å². The zero-order chi connectivity index (χ0) is 21.8. The number of rotatable bonds is 7. The number of carbonyl (C=O) groups excluding carboxylic acids is 2. The first-order valence-electron chi connectivity index (χ1n) is 9.67. The summed E-state index contributed by atoms with van der Waals surface area (Å²) in [5.41, 5.74) is 3.25. The third-order valence-electron chi connectivity index (χ3n) is 4.78. The molecule has 158 valence electrons. The molecule has 4 rings (SSSR count). The lowest BCUT2D eigenvalue weighted by Gasteiger charge is -2.07. The van der Waals surface area contributed by atoms with Crippen molar-refractivity contribution in [1.82, 2.24) is 20.5 Å². The molecular formula is C22H21N5O3S. The van der Waals surface area contributed by atoms with E-state index < -0.39 is 0 Å². The molecule has 31 heavy (non-hydrogen) atoms. The van der Waals surface area contributed by atoms with Crippen molar-refractivity contribution in [2.45, 2.75) is 13.3 Å². The number of aromatic nitrogens is 3. The quantitative estimate of drug-likeness (QED) is 0.411. The van der Waals surface area contributed by atoms with Gasteiger partial charge in [-0.1, -0.05) is 11.3 Å². The molecule has 0 fully saturated rings. The summed E-state index contributed by atoms with van der Waals surface area (Å²) in [6.07, 6.45) is 2.64. The molecule has 0 aliphatic heterocycles. The van der Waals surface area contributed by atoms with Gasteiger partial charge in [0.15, 0.2) is 0 Å². The summed E-state index contributed by atoms with van der Waals surface area (Å²) >= 11 is 1.23. The van der Waals surface area contributed by atoms with Crippen molar-refractivity contribution in [3.8, 4) is 5.75 Å². The standard InChI is InChI=1S/C22H21N5O3S/c1-13-26-27-22(31-13)21(29)25-16-5-3-14(4-6-16)20(28)23-10-9-15-12-24-19-8-7-17(30-2)11-18(15)19/h3-8,11-12,24H,9-10H2,1-2H3,(H,23,28)(H,25,29). The first kappa shape index (κ1) is 20.5. The summed E-state index contributed by atoms with van der Waals surface area (Å²) in [4.78, 5) is 27.8. The van der Waals surface area contributed by atoms with Crippen molar-refractivity contribution < 1.29 is 14.3 Å². The van der Waals surface area contributed by atoms with Crippen molar-refractivity contribution in [3.63, 3.8) is 0 Å². The first-order valence-corrected chi connectivity index (χ1v) is 10.5. The number of ether oxygens (including phenoxy) is 1. The van der Waals surface area contributed by atoms with Crippen LogP contribution >= 0.6 is 11.3 Å². The monoisotopic (exact) mass is 435 g/mol. The highest BCUT2D eigenvalue weighted by Gasteiger charge is 2.12. The fourth-order valence-corrected chi connectivity index (χ4v) is 3.77. The highest BCUT2D eigenvalue weighted by molar-refractivity contribution is 7.13. The molecule has 0 bridgehead atoms. The Morgan fingerprint density at radius 2 is 1.90 bits per heavy atom. The molecule has 2 heterocycles. The average Bonchev–Trinajstić information content (AvgIpc) is 3.40. The van der Waals surface area contributed by atoms with E-state index in [-0.39, 0.29) is 11.8 Å². The Bertz CT molecular complexity index is 1230. The van der Waals surface area contributed by atoms with Gasteiger partial charge in [0.2, 0.25) is 5.01 Å². The van der Waals surface area contributed by atoms with Crippen LogP contribution < -0.4 is 15.4 Å². The van der Waals surface area contributed by atoms with Gasteiger partial charge in [0.05, 0.1) is 7.11 Å². The number of methoxy groups -OCH3 is 1. The maximum absolute atomic E-state index is 12.5. The number of hydrogen-bond acceptors (Lipinski definition) is 6. The lowest BCUT2D eigenvalue weighted by molar-refractivity contribution is 0.0953. The van der Waals surface area contributed by atoms with Crippen molar-refractivity contribution in [2.24, 2.45) is 0 Å². The normalized spacial score (nSPS) is 10.8. The highest BCUT2D eigenvalue weighted by Crippen LogP contribution is 2.23. The second kappa shape index (κ2) is 8.97. The van der Waals surface area contributed by atoms with Crippen LogP contribution in [-0.4, -0.2) is 40.7 Å². The fraction of sp³-hybridized carbons (Fsp3) is 0.182. The van der Waals surface area contributed by atoms with Gasteiger partial charge in [0.1, 0.15) is 10.8 Å². The molecule has 4 aromatic rings. The van der Waals surface area contributed by atoms with E-state index >= 15 is 0 Å². The summed E-state index contributed by atoms with van der Waals surface area (Å²) in [6, 6.07) is 12.6. The number of anilines is 1. The molecule has 0 aliphatic rings. The van der Waals surface area contributed by atoms with Gasteiger partial charge in [-0.2, -0.15) is 0 Å². The predicted molar refractivity (Wildman–Crippen MR) is 120 cm³/mol. The maximum atomic E-state index is 12.5. The van der Waals surface area contributed by atoms with E-state index in [0.29, 0.717) is 29.2 Å². The van der Waals surface area contributed by atoms with Crippen LogP contribution in [0, 0.1) is 6.92 Å². The third-order valence-corrected chi connectivity index (χ3v) is 5.62. The van der Waals surface area contributed by atoms with Crippen LogP contribution in [-0.2, 0) is 6.42 Å². The fourth-order valence-electron chi connectivity index (χ4n) is 3.18. The Morgan fingerprint density at radius 1 is 1.10 bits per heavy atom. The Hall–Kier alpha value is -3.72. The van der Waals surface area contributed by atoms with E-state index in [1.807, 2.05) is 24.4 Å². The number of fused-ring (bicyclic) bond motifs is 1. The summed E-state index contributed by atoms with van der Waals surface area (Å²) < 4.78 is 5.29. The van der Waals surface area contributed by atoms with E-state index in [1.54, 1.807) is 38.3 Å². The molecule has 3 N–H and O–H groups in total. The van der Waals surface area contributed by atoms with E-state index in [9.17, 15) is 9.59 Å². The predicted octanol–water partition coefficient (Wildman–Crippen LogP) is 3.56. The number of aromatic amines is 1. The van der Waals surface area contributed by atoms with Gasteiger partial charge in [-0.15, -0.1) is 10.2 Å². The summed E-state index contributed by atoms with van der Waals surface area (Å²) in [5.74, 6) is 0.305. The van der Waals surface area contributed by atoms with Gasteiger partial charge < -0.3 is 20.4 Å². The Kier molecular flexibility index (Phi) is 5.94. The molecule has 2 aromatic heterocycles. The molecule has 0 unspecified atom stereocenters. The zero-order valence-electron chi connectivity index (χ0n) is 17.1. The topological polar surface area (TPSA) is 109 Å². The van der Waals surface area contributed by atoms with Gasteiger partial charge in [-0.05, 0) is 61.4 Å². The minimum atomic E-state index is -0.321. The molecule has 9 heteroatoms. The number of carbonyl (C=O) groups is 2. The number of hydrogen-bond donors (Lipinski definition) is 3. The third kappa shape index (κ3) is 4.72. The van der Waals surface area contributed by atoms with Crippen LogP contribution in [0.5, 0.6) is 5.75 Å². The van der Waals surface area contributed by atoms with Crippen LogP contribution in [0.1, 0.15) is 30.7 Å². The van der Waals surface area contributed by atoms with Crippen LogP contribution in [0.2, 0.25) is 0 Å². The van der Waals surface area contributed by atoms with Gasteiger partial charge >= 0.3 is 0 Å². The molecule has 0 saturated carbocycles. The molecule has 0 radical (unpaired) electrons. The molecule has 0 aliphatic carbocycles. The van der Waals surface area contributed by atoms with Crippen molar-refractivity contribution >= 4 is 39.7 Å². The number of amides is 2. The van der Waals surface area contributed by atoms with Gasteiger partial charge in [0.25, 0.3) is 11.8 Å².